The number of rotatable bonds is 7. The number of hydrogen-bond acceptors (Lipinski definition) is 5. The van der Waals surface area contributed by atoms with E-state index in [0.717, 1.165) is 16.5 Å². The molecule has 2 heterocycles. The molecule has 3 aromatic rings. The summed E-state index contributed by atoms with van der Waals surface area (Å²) in [6.45, 7) is 7.54. The SMILES string of the molecule is CCC1C(=O)N(Cc2cccc(C(=O)N(CC)CC)c2)C(N)=NC1c1ccc2sccc2c1. The van der Waals surface area contributed by atoms with Gasteiger partial charge in [0.25, 0.3) is 5.91 Å². The molecule has 0 saturated carbocycles. The minimum absolute atomic E-state index is 0.0104. The number of carbonyl (C=O) groups excluding carboxylic acids is 2. The fourth-order valence-electron chi connectivity index (χ4n) is 4.46. The summed E-state index contributed by atoms with van der Waals surface area (Å²) in [6, 6.07) is 15.5. The summed E-state index contributed by atoms with van der Waals surface area (Å²) in [7, 11) is 0. The van der Waals surface area contributed by atoms with Crippen LogP contribution < -0.4 is 5.73 Å². The normalized spacial score (nSPS) is 18.5. The number of nitrogens with two attached hydrogens (primary N) is 1. The average molecular weight is 463 g/mol. The molecule has 2 atom stereocenters. The van der Waals surface area contributed by atoms with E-state index >= 15 is 0 Å². The topological polar surface area (TPSA) is 79.0 Å². The van der Waals surface area contributed by atoms with Crippen molar-refractivity contribution in [2.75, 3.05) is 13.1 Å². The Morgan fingerprint density at radius 3 is 2.64 bits per heavy atom. The van der Waals surface area contributed by atoms with Crippen molar-refractivity contribution >= 4 is 39.2 Å². The molecular formula is C26H30N4O2S. The van der Waals surface area contributed by atoms with Crippen LogP contribution >= 0.6 is 11.3 Å². The van der Waals surface area contributed by atoms with E-state index < -0.39 is 0 Å². The molecule has 1 aliphatic rings. The molecule has 1 aromatic heterocycles. The molecule has 33 heavy (non-hydrogen) atoms. The van der Waals surface area contributed by atoms with Crippen molar-refractivity contribution in [2.24, 2.45) is 16.6 Å². The lowest BCUT2D eigenvalue weighted by molar-refractivity contribution is -0.133. The van der Waals surface area contributed by atoms with E-state index in [4.69, 9.17) is 10.7 Å². The van der Waals surface area contributed by atoms with Gasteiger partial charge in [0.05, 0.1) is 18.5 Å². The van der Waals surface area contributed by atoms with Crippen LogP contribution in [0.5, 0.6) is 0 Å². The van der Waals surface area contributed by atoms with Gasteiger partial charge in [-0.15, -0.1) is 11.3 Å². The molecule has 172 valence electrons. The molecule has 4 rings (SSSR count). The Hall–Kier alpha value is -3.19. The first-order valence-electron chi connectivity index (χ1n) is 11.5. The highest BCUT2D eigenvalue weighted by atomic mass is 32.1. The molecule has 7 heteroatoms. The molecule has 2 unspecified atom stereocenters. The summed E-state index contributed by atoms with van der Waals surface area (Å²) in [4.78, 5) is 34.3. The standard InChI is InChI=1S/C26H30N4O2S/c1-4-21-23(19-10-11-22-18(15-19)12-13-33-22)28-26(27)30(25(21)32)16-17-8-7-9-20(14-17)24(31)29(5-2)6-3/h7-15,21,23H,4-6,16H2,1-3H3,(H2,27,28). The molecule has 2 aromatic carbocycles. The molecule has 2 amide bonds. The number of amides is 2. The zero-order valence-electron chi connectivity index (χ0n) is 19.3. The Labute approximate surface area is 198 Å². The van der Waals surface area contributed by atoms with Crippen molar-refractivity contribution in [3.8, 4) is 0 Å². The molecule has 6 nitrogen and oxygen atoms in total. The molecule has 0 aliphatic carbocycles. The summed E-state index contributed by atoms with van der Waals surface area (Å²) in [5, 5.41) is 3.22. The Balaban J connectivity index is 1.61. The van der Waals surface area contributed by atoms with Crippen LogP contribution in [-0.4, -0.2) is 40.7 Å². The van der Waals surface area contributed by atoms with Crippen LogP contribution in [0.3, 0.4) is 0 Å². The number of fused-ring (bicyclic) bond motifs is 1. The van der Waals surface area contributed by atoms with E-state index in [-0.39, 0.29) is 29.7 Å². The van der Waals surface area contributed by atoms with Crippen molar-refractivity contribution in [2.45, 2.75) is 39.8 Å². The largest absolute Gasteiger partial charge is 0.369 e. The first-order chi connectivity index (χ1) is 16.0. The molecular weight excluding hydrogens is 432 g/mol. The van der Waals surface area contributed by atoms with Crippen molar-refractivity contribution in [1.29, 1.82) is 0 Å². The monoisotopic (exact) mass is 462 g/mol. The summed E-state index contributed by atoms with van der Waals surface area (Å²) in [5.74, 6) is -0.0980. The van der Waals surface area contributed by atoms with Crippen LogP contribution in [0.1, 0.15) is 54.7 Å². The third-order valence-corrected chi connectivity index (χ3v) is 7.23. The molecule has 1 aliphatic heterocycles. The predicted octanol–water partition coefficient (Wildman–Crippen LogP) is 4.81. The van der Waals surface area contributed by atoms with Gasteiger partial charge in [0.1, 0.15) is 0 Å². The third kappa shape index (κ3) is 4.50. The van der Waals surface area contributed by atoms with Crippen LogP contribution in [0, 0.1) is 5.92 Å². The van der Waals surface area contributed by atoms with Crippen LogP contribution in [0.25, 0.3) is 10.1 Å². The van der Waals surface area contributed by atoms with Crippen LogP contribution in [0.4, 0.5) is 0 Å². The van der Waals surface area contributed by atoms with Crippen molar-refractivity contribution in [3.63, 3.8) is 0 Å². The molecule has 0 bridgehead atoms. The van der Waals surface area contributed by atoms with E-state index in [9.17, 15) is 9.59 Å². The first-order valence-corrected chi connectivity index (χ1v) is 12.3. The zero-order chi connectivity index (χ0) is 23.5. The van der Waals surface area contributed by atoms with Crippen LogP contribution in [-0.2, 0) is 11.3 Å². The maximum Gasteiger partial charge on any atom is 0.253 e. The van der Waals surface area contributed by atoms with Crippen molar-refractivity contribution in [3.05, 3.63) is 70.6 Å². The van der Waals surface area contributed by atoms with E-state index in [1.165, 1.54) is 4.70 Å². The number of thiophene rings is 1. The Morgan fingerprint density at radius 2 is 1.91 bits per heavy atom. The highest BCUT2D eigenvalue weighted by Crippen LogP contribution is 2.36. The average Bonchev–Trinajstić information content (AvgIpc) is 3.30. The smallest absolute Gasteiger partial charge is 0.253 e. The number of aliphatic imine (C=N–C) groups is 1. The lowest BCUT2D eigenvalue weighted by atomic mass is 9.88. The van der Waals surface area contributed by atoms with Gasteiger partial charge in [-0.1, -0.05) is 25.1 Å². The second kappa shape index (κ2) is 9.75. The molecule has 0 saturated heterocycles. The second-order valence-electron chi connectivity index (χ2n) is 8.27. The van der Waals surface area contributed by atoms with E-state index in [2.05, 4.69) is 23.6 Å². The van der Waals surface area contributed by atoms with Gasteiger partial charge >= 0.3 is 0 Å². The number of nitrogens with zero attached hydrogens (tertiary/aromatic N) is 3. The first kappa shape index (κ1) is 23.0. The number of benzene rings is 2. The fraction of sp³-hybridized carbons (Fsp3) is 0.346. The van der Waals surface area contributed by atoms with Gasteiger partial charge in [0, 0.05) is 23.4 Å². The van der Waals surface area contributed by atoms with E-state index in [1.54, 1.807) is 21.1 Å². The van der Waals surface area contributed by atoms with Crippen LogP contribution in [0.15, 0.2) is 58.9 Å². The number of carbonyl (C=O) groups is 2. The second-order valence-corrected chi connectivity index (χ2v) is 9.21. The Morgan fingerprint density at radius 1 is 1.12 bits per heavy atom. The Bertz CT molecular complexity index is 1200. The third-order valence-electron chi connectivity index (χ3n) is 6.34. The molecule has 0 spiro atoms. The minimum atomic E-state index is -0.293. The summed E-state index contributed by atoms with van der Waals surface area (Å²) in [5.41, 5.74) is 8.81. The van der Waals surface area contributed by atoms with Crippen molar-refractivity contribution < 1.29 is 9.59 Å². The fourth-order valence-corrected chi connectivity index (χ4v) is 5.23. The molecule has 0 radical (unpaired) electrons. The highest BCUT2D eigenvalue weighted by Gasteiger charge is 2.37. The van der Waals surface area contributed by atoms with E-state index in [0.29, 0.717) is 31.6 Å². The van der Waals surface area contributed by atoms with Gasteiger partial charge in [-0.25, -0.2) is 4.99 Å². The number of guanidine groups is 1. The quantitative estimate of drug-likeness (QED) is 0.547. The molecule has 2 N–H and O–H groups in total. The summed E-state index contributed by atoms with van der Waals surface area (Å²) in [6.07, 6.45) is 0.666. The van der Waals surface area contributed by atoms with Crippen LogP contribution in [0.2, 0.25) is 0 Å². The van der Waals surface area contributed by atoms with E-state index in [1.807, 2.05) is 51.1 Å². The van der Waals surface area contributed by atoms with Gasteiger partial charge in [0.2, 0.25) is 5.91 Å². The highest BCUT2D eigenvalue weighted by molar-refractivity contribution is 7.17. The lowest BCUT2D eigenvalue weighted by Crippen LogP contribution is -2.49. The van der Waals surface area contributed by atoms with Gasteiger partial charge < -0.3 is 10.6 Å². The van der Waals surface area contributed by atoms with Gasteiger partial charge in [0.15, 0.2) is 5.96 Å². The Kier molecular flexibility index (Phi) is 6.79. The lowest BCUT2D eigenvalue weighted by Gasteiger charge is -2.35. The maximum atomic E-state index is 13.5. The summed E-state index contributed by atoms with van der Waals surface area (Å²) < 4.78 is 1.21. The predicted molar refractivity (Wildman–Crippen MR) is 134 cm³/mol. The van der Waals surface area contributed by atoms with Gasteiger partial charge in [-0.3, -0.25) is 14.5 Å². The number of hydrogen-bond donors (Lipinski definition) is 1. The van der Waals surface area contributed by atoms with Crippen molar-refractivity contribution in [1.82, 2.24) is 9.80 Å². The van der Waals surface area contributed by atoms with Gasteiger partial charge in [-0.2, -0.15) is 0 Å². The minimum Gasteiger partial charge on any atom is -0.369 e. The summed E-state index contributed by atoms with van der Waals surface area (Å²) >= 11 is 1.70. The molecule has 0 fully saturated rings. The maximum absolute atomic E-state index is 13.5. The van der Waals surface area contributed by atoms with Gasteiger partial charge in [-0.05, 0) is 72.5 Å². The zero-order valence-corrected chi connectivity index (χ0v) is 20.1.